The van der Waals surface area contributed by atoms with Gasteiger partial charge >= 0.3 is 0 Å². The second kappa shape index (κ2) is 6.59. The molecular formula is C20H26N4O2. The van der Waals surface area contributed by atoms with Crippen molar-refractivity contribution in [2.24, 2.45) is 5.41 Å². The van der Waals surface area contributed by atoms with Gasteiger partial charge in [-0.15, -0.1) is 0 Å². The lowest BCUT2D eigenvalue weighted by molar-refractivity contribution is -0.117. The van der Waals surface area contributed by atoms with Gasteiger partial charge < -0.3 is 14.3 Å². The van der Waals surface area contributed by atoms with Crippen molar-refractivity contribution in [3.63, 3.8) is 0 Å². The fraction of sp³-hybridized carbons (Fsp3) is 0.450. The number of hydrogen-bond acceptors (Lipinski definition) is 4. The summed E-state index contributed by atoms with van der Waals surface area (Å²) in [4.78, 5) is 21.1. The summed E-state index contributed by atoms with van der Waals surface area (Å²) < 4.78 is 7.75. The number of carbonyl (C=O) groups is 1. The minimum atomic E-state index is -0.0583. The van der Waals surface area contributed by atoms with Crippen molar-refractivity contribution in [3.05, 3.63) is 41.2 Å². The zero-order chi connectivity index (χ0) is 19.1. The van der Waals surface area contributed by atoms with Crippen molar-refractivity contribution >= 4 is 22.8 Å². The van der Waals surface area contributed by atoms with E-state index in [1.807, 2.05) is 47.6 Å². The molecule has 0 aliphatic heterocycles. The smallest absolute Gasteiger partial charge is 0.226 e. The highest BCUT2D eigenvalue weighted by Crippen LogP contribution is 2.25. The van der Waals surface area contributed by atoms with Crippen LogP contribution in [0, 0.1) is 26.2 Å². The molecule has 26 heavy (non-hydrogen) atoms. The summed E-state index contributed by atoms with van der Waals surface area (Å²) in [6, 6.07) is 4.09. The number of anilines is 1. The van der Waals surface area contributed by atoms with Crippen molar-refractivity contribution in [2.75, 3.05) is 5.32 Å². The van der Waals surface area contributed by atoms with Crippen LogP contribution in [0.4, 0.5) is 5.82 Å². The molecule has 0 unspecified atom stereocenters. The molecule has 3 rings (SSSR count). The van der Waals surface area contributed by atoms with E-state index in [2.05, 4.69) is 25.9 Å². The van der Waals surface area contributed by atoms with Gasteiger partial charge in [0.2, 0.25) is 5.91 Å². The average molecular weight is 354 g/mol. The minimum Gasteiger partial charge on any atom is -0.444 e. The van der Waals surface area contributed by atoms with E-state index < -0.39 is 0 Å². The number of nitrogens with one attached hydrogen (secondary N) is 1. The summed E-state index contributed by atoms with van der Waals surface area (Å²) in [6.45, 7) is 12.6. The lowest BCUT2D eigenvalue weighted by atomic mass is 9.92. The number of amides is 1. The molecule has 0 atom stereocenters. The normalized spacial score (nSPS) is 11.9. The Bertz CT molecular complexity index is 960. The summed E-state index contributed by atoms with van der Waals surface area (Å²) in [5.41, 5.74) is 3.84. The molecule has 0 bridgehead atoms. The molecule has 0 aromatic carbocycles. The predicted molar refractivity (Wildman–Crippen MR) is 102 cm³/mol. The predicted octanol–water partition coefficient (Wildman–Crippen LogP) is 4.37. The lowest BCUT2D eigenvalue weighted by Gasteiger charge is -2.17. The Kier molecular flexibility index (Phi) is 4.61. The third-order valence-electron chi connectivity index (χ3n) is 4.22. The molecular weight excluding hydrogens is 328 g/mol. The van der Waals surface area contributed by atoms with E-state index >= 15 is 0 Å². The molecule has 0 aliphatic rings. The van der Waals surface area contributed by atoms with Gasteiger partial charge in [0.15, 0.2) is 5.89 Å². The molecule has 0 aliphatic carbocycles. The van der Waals surface area contributed by atoms with Gasteiger partial charge in [0.05, 0.1) is 23.8 Å². The fourth-order valence-electron chi connectivity index (χ4n) is 3.03. The van der Waals surface area contributed by atoms with Crippen LogP contribution in [0.15, 0.2) is 22.7 Å². The van der Waals surface area contributed by atoms with Crippen LogP contribution in [-0.2, 0) is 11.3 Å². The Morgan fingerprint density at radius 3 is 2.58 bits per heavy atom. The molecule has 0 saturated heterocycles. The minimum absolute atomic E-state index is 0.0132. The van der Waals surface area contributed by atoms with E-state index in [-0.39, 0.29) is 11.3 Å². The second-order valence-corrected chi connectivity index (χ2v) is 8.06. The van der Waals surface area contributed by atoms with Crippen molar-refractivity contribution in [3.8, 4) is 0 Å². The standard InChI is InChI=1S/C20H26N4O2/c1-12-7-17-16(22-19(12)23-18(25)9-20(4,5)6)8-13(2)24(17)11-15-10-21-14(3)26-15/h7-8,10H,9,11H2,1-6H3,(H,22,23,25). The van der Waals surface area contributed by atoms with Crippen LogP contribution in [0.2, 0.25) is 0 Å². The maximum atomic E-state index is 12.3. The quantitative estimate of drug-likeness (QED) is 0.755. The molecule has 6 heteroatoms. The number of oxazole rings is 1. The Morgan fingerprint density at radius 1 is 1.23 bits per heavy atom. The molecule has 1 amide bonds. The van der Waals surface area contributed by atoms with E-state index in [4.69, 9.17) is 4.42 Å². The highest BCUT2D eigenvalue weighted by Gasteiger charge is 2.18. The van der Waals surface area contributed by atoms with E-state index in [9.17, 15) is 4.79 Å². The first-order valence-corrected chi connectivity index (χ1v) is 8.81. The van der Waals surface area contributed by atoms with E-state index in [0.29, 0.717) is 24.7 Å². The monoisotopic (exact) mass is 354 g/mol. The summed E-state index contributed by atoms with van der Waals surface area (Å²) in [6.07, 6.45) is 2.21. The van der Waals surface area contributed by atoms with Gasteiger partial charge in [-0.1, -0.05) is 20.8 Å². The molecule has 3 aromatic rings. The number of fused-ring (bicyclic) bond motifs is 1. The topological polar surface area (TPSA) is 73.0 Å². The van der Waals surface area contributed by atoms with Gasteiger partial charge in [-0.3, -0.25) is 4.79 Å². The van der Waals surface area contributed by atoms with Crippen LogP contribution < -0.4 is 5.32 Å². The van der Waals surface area contributed by atoms with Gasteiger partial charge in [-0.05, 0) is 37.0 Å². The number of rotatable bonds is 4. The van der Waals surface area contributed by atoms with E-state index in [0.717, 1.165) is 28.1 Å². The number of pyridine rings is 1. The van der Waals surface area contributed by atoms with E-state index in [1.165, 1.54) is 0 Å². The maximum Gasteiger partial charge on any atom is 0.226 e. The first kappa shape index (κ1) is 18.2. The zero-order valence-electron chi connectivity index (χ0n) is 16.3. The molecule has 3 aromatic heterocycles. The zero-order valence-corrected chi connectivity index (χ0v) is 16.3. The third-order valence-corrected chi connectivity index (χ3v) is 4.22. The van der Waals surface area contributed by atoms with Crippen molar-refractivity contribution < 1.29 is 9.21 Å². The summed E-state index contributed by atoms with van der Waals surface area (Å²) in [5.74, 6) is 2.08. The number of nitrogens with zero attached hydrogens (tertiary/aromatic N) is 3. The van der Waals surface area contributed by atoms with Gasteiger partial charge in [0.1, 0.15) is 11.6 Å². The molecule has 0 saturated carbocycles. The molecule has 0 spiro atoms. The van der Waals surface area contributed by atoms with Crippen molar-refractivity contribution in [1.29, 1.82) is 0 Å². The molecule has 3 heterocycles. The average Bonchev–Trinajstić information content (AvgIpc) is 3.03. The molecule has 0 fully saturated rings. The largest absolute Gasteiger partial charge is 0.444 e. The summed E-state index contributed by atoms with van der Waals surface area (Å²) in [7, 11) is 0. The van der Waals surface area contributed by atoms with Crippen molar-refractivity contribution in [1.82, 2.24) is 14.5 Å². The van der Waals surface area contributed by atoms with Gasteiger partial charge in [-0.2, -0.15) is 0 Å². The molecule has 0 radical (unpaired) electrons. The Morgan fingerprint density at radius 2 is 1.96 bits per heavy atom. The van der Waals surface area contributed by atoms with Crippen LogP contribution >= 0.6 is 0 Å². The van der Waals surface area contributed by atoms with Gasteiger partial charge in [-0.25, -0.2) is 9.97 Å². The Hall–Kier alpha value is -2.63. The third kappa shape index (κ3) is 3.95. The summed E-state index contributed by atoms with van der Waals surface area (Å²) >= 11 is 0. The highest BCUT2D eigenvalue weighted by atomic mass is 16.4. The second-order valence-electron chi connectivity index (χ2n) is 8.06. The molecule has 6 nitrogen and oxygen atoms in total. The van der Waals surface area contributed by atoms with Crippen LogP contribution in [0.3, 0.4) is 0 Å². The lowest BCUT2D eigenvalue weighted by Crippen LogP contribution is -2.20. The first-order valence-electron chi connectivity index (χ1n) is 8.81. The first-order chi connectivity index (χ1) is 12.1. The van der Waals surface area contributed by atoms with Crippen LogP contribution in [-0.4, -0.2) is 20.4 Å². The molecule has 138 valence electrons. The number of aryl methyl sites for hydroxylation is 3. The Labute approximate surface area is 153 Å². The van der Waals surface area contributed by atoms with E-state index in [1.54, 1.807) is 6.20 Å². The number of hydrogen-bond donors (Lipinski definition) is 1. The van der Waals surface area contributed by atoms with Gasteiger partial charge in [0.25, 0.3) is 0 Å². The molecule has 1 N–H and O–H groups in total. The number of aromatic nitrogens is 3. The van der Waals surface area contributed by atoms with Crippen LogP contribution in [0.25, 0.3) is 11.0 Å². The number of carbonyl (C=O) groups excluding carboxylic acids is 1. The van der Waals surface area contributed by atoms with Crippen LogP contribution in [0.5, 0.6) is 0 Å². The Balaban J connectivity index is 1.91. The fourth-order valence-corrected chi connectivity index (χ4v) is 3.03. The van der Waals surface area contributed by atoms with Crippen molar-refractivity contribution in [2.45, 2.75) is 54.5 Å². The summed E-state index contributed by atoms with van der Waals surface area (Å²) in [5, 5.41) is 2.95. The van der Waals surface area contributed by atoms with Gasteiger partial charge in [0, 0.05) is 19.0 Å². The highest BCUT2D eigenvalue weighted by molar-refractivity contribution is 5.92. The maximum absolute atomic E-state index is 12.3. The SMILES string of the molecule is Cc1ncc(Cn2c(C)cc3nc(NC(=O)CC(C)(C)C)c(C)cc32)o1. The van der Waals surface area contributed by atoms with Crippen LogP contribution in [0.1, 0.15) is 50.1 Å².